The predicted octanol–water partition coefficient (Wildman–Crippen LogP) is 3.11. The first kappa shape index (κ1) is 21.0. The molecule has 1 fully saturated rings. The van der Waals surface area contributed by atoms with Gasteiger partial charge in [-0.2, -0.15) is 0 Å². The van der Waals surface area contributed by atoms with Crippen molar-refractivity contribution in [3.8, 4) is 0 Å². The molecule has 0 aliphatic carbocycles. The van der Waals surface area contributed by atoms with Crippen molar-refractivity contribution in [2.24, 2.45) is 5.92 Å². The summed E-state index contributed by atoms with van der Waals surface area (Å²) in [6, 6.07) is 15.3. The molecule has 154 valence electrons. The number of rotatable bonds is 6. The molecule has 0 saturated carbocycles. The number of likely N-dealkylation sites (tertiary alicyclic amines) is 1. The van der Waals surface area contributed by atoms with Gasteiger partial charge in [0.2, 0.25) is 5.91 Å². The van der Waals surface area contributed by atoms with Crippen molar-refractivity contribution in [1.29, 1.82) is 0 Å². The molecular formula is C22H26N2O4S. The highest BCUT2D eigenvalue weighted by Crippen LogP contribution is 2.19. The van der Waals surface area contributed by atoms with E-state index in [0.29, 0.717) is 22.7 Å². The van der Waals surface area contributed by atoms with Crippen LogP contribution in [0.2, 0.25) is 0 Å². The lowest BCUT2D eigenvalue weighted by molar-refractivity contribution is -0.113. The normalized spacial score (nSPS) is 15.1. The van der Waals surface area contributed by atoms with Crippen molar-refractivity contribution in [2.45, 2.75) is 25.5 Å². The van der Waals surface area contributed by atoms with E-state index in [1.807, 2.05) is 11.0 Å². The molecule has 7 heteroatoms. The van der Waals surface area contributed by atoms with E-state index in [1.165, 1.54) is 0 Å². The number of nitrogens with zero attached hydrogens (tertiary/aromatic N) is 1. The Morgan fingerprint density at radius 1 is 1.00 bits per heavy atom. The zero-order valence-electron chi connectivity index (χ0n) is 16.5. The third-order valence-electron chi connectivity index (χ3n) is 5.07. The highest BCUT2D eigenvalue weighted by Gasteiger charge is 2.22. The van der Waals surface area contributed by atoms with Crippen LogP contribution in [-0.2, 0) is 20.4 Å². The Labute approximate surface area is 171 Å². The number of para-hydroxylation sites is 1. The topological polar surface area (TPSA) is 83.6 Å². The van der Waals surface area contributed by atoms with Crippen molar-refractivity contribution in [2.75, 3.05) is 24.2 Å². The zero-order chi connectivity index (χ0) is 20.9. The summed E-state index contributed by atoms with van der Waals surface area (Å²) in [5, 5.41) is 2.58. The van der Waals surface area contributed by atoms with Crippen LogP contribution in [0.3, 0.4) is 0 Å². The molecule has 1 heterocycles. The van der Waals surface area contributed by atoms with Crippen LogP contribution >= 0.6 is 0 Å². The Hall–Kier alpha value is -2.67. The maximum Gasteiger partial charge on any atom is 0.253 e. The molecule has 6 nitrogen and oxygen atoms in total. The maximum atomic E-state index is 12.6. The van der Waals surface area contributed by atoms with Crippen LogP contribution in [-0.4, -0.2) is 44.0 Å². The Kier molecular flexibility index (Phi) is 6.69. The van der Waals surface area contributed by atoms with E-state index in [2.05, 4.69) is 12.2 Å². The summed E-state index contributed by atoms with van der Waals surface area (Å²) in [7, 11) is -3.62. The molecule has 2 aromatic rings. The second-order valence-corrected chi connectivity index (χ2v) is 9.68. The van der Waals surface area contributed by atoms with E-state index in [4.69, 9.17) is 0 Å². The van der Waals surface area contributed by atoms with Gasteiger partial charge in [-0.1, -0.05) is 37.3 Å². The molecule has 0 bridgehead atoms. The molecule has 1 aliphatic rings. The minimum atomic E-state index is -3.62. The molecule has 2 aromatic carbocycles. The van der Waals surface area contributed by atoms with E-state index in [9.17, 15) is 18.0 Å². The second kappa shape index (κ2) is 9.22. The third kappa shape index (κ3) is 6.15. The van der Waals surface area contributed by atoms with Gasteiger partial charge in [-0.3, -0.25) is 9.59 Å². The fraction of sp³-hybridized carbons (Fsp3) is 0.364. The first-order chi connectivity index (χ1) is 13.8. The molecule has 0 aromatic heterocycles. The molecule has 1 aliphatic heterocycles. The molecule has 0 radical (unpaired) electrons. The summed E-state index contributed by atoms with van der Waals surface area (Å²) < 4.78 is 24.7. The smallest absolute Gasteiger partial charge is 0.253 e. The summed E-state index contributed by atoms with van der Waals surface area (Å²) in [6.07, 6.45) is 2.01. The van der Waals surface area contributed by atoms with Gasteiger partial charge in [0.05, 0.1) is 5.75 Å². The quantitative estimate of drug-likeness (QED) is 0.787. The summed E-state index contributed by atoms with van der Waals surface area (Å²) in [6.45, 7) is 3.70. The molecule has 1 saturated heterocycles. The van der Waals surface area contributed by atoms with Crippen molar-refractivity contribution < 1.29 is 18.0 Å². The van der Waals surface area contributed by atoms with Crippen LogP contribution in [0.1, 0.15) is 35.7 Å². The van der Waals surface area contributed by atoms with Crippen molar-refractivity contribution in [3.63, 3.8) is 0 Å². The molecule has 1 N–H and O–H groups in total. The first-order valence-electron chi connectivity index (χ1n) is 9.76. The van der Waals surface area contributed by atoms with Gasteiger partial charge in [0.15, 0.2) is 9.84 Å². The average molecular weight is 415 g/mol. The molecule has 0 unspecified atom stereocenters. The van der Waals surface area contributed by atoms with Gasteiger partial charge in [-0.05, 0) is 48.6 Å². The van der Waals surface area contributed by atoms with E-state index in [-0.39, 0.29) is 11.7 Å². The molecule has 0 atom stereocenters. The van der Waals surface area contributed by atoms with Crippen LogP contribution in [0, 0.1) is 5.92 Å². The highest BCUT2D eigenvalue weighted by atomic mass is 32.2. The van der Waals surface area contributed by atoms with Crippen LogP contribution in [0.5, 0.6) is 0 Å². The summed E-state index contributed by atoms with van der Waals surface area (Å²) in [4.78, 5) is 26.4. The number of hydrogen-bond donors (Lipinski definition) is 1. The predicted molar refractivity (Wildman–Crippen MR) is 113 cm³/mol. The van der Waals surface area contributed by atoms with Crippen LogP contribution < -0.4 is 5.32 Å². The van der Waals surface area contributed by atoms with Gasteiger partial charge < -0.3 is 10.2 Å². The lowest BCUT2D eigenvalue weighted by atomic mass is 9.98. The largest absolute Gasteiger partial charge is 0.339 e. The SMILES string of the molecule is CC1CCN(C(=O)c2ccc(CS(=O)(=O)CC(=O)Nc3ccccc3)cc2)CC1. The van der Waals surface area contributed by atoms with Gasteiger partial charge in [0.25, 0.3) is 5.91 Å². The number of hydrogen-bond acceptors (Lipinski definition) is 4. The number of amides is 2. The van der Waals surface area contributed by atoms with Crippen LogP contribution in [0.4, 0.5) is 5.69 Å². The Morgan fingerprint density at radius 2 is 1.62 bits per heavy atom. The lowest BCUT2D eigenvalue weighted by Gasteiger charge is -2.30. The van der Waals surface area contributed by atoms with Crippen LogP contribution in [0.25, 0.3) is 0 Å². The fourth-order valence-corrected chi connectivity index (χ4v) is 4.64. The first-order valence-corrected chi connectivity index (χ1v) is 11.6. The number of carbonyl (C=O) groups is 2. The average Bonchev–Trinajstić information content (AvgIpc) is 2.68. The van der Waals surface area contributed by atoms with Crippen molar-refractivity contribution in [1.82, 2.24) is 4.90 Å². The van der Waals surface area contributed by atoms with Crippen LogP contribution in [0.15, 0.2) is 54.6 Å². The zero-order valence-corrected chi connectivity index (χ0v) is 17.3. The van der Waals surface area contributed by atoms with Crippen molar-refractivity contribution in [3.05, 3.63) is 65.7 Å². The summed E-state index contributed by atoms with van der Waals surface area (Å²) in [5.74, 6) is -0.777. The van der Waals surface area contributed by atoms with Crippen molar-refractivity contribution >= 4 is 27.3 Å². The monoisotopic (exact) mass is 414 g/mol. The summed E-state index contributed by atoms with van der Waals surface area (Å²) in [5.41, 5.74) is 1.67. The molecule has 3 rings (SSSR count). The third-order valence-corrected chi connectivity index (χ3v) is 6.54. The minimum absolute atomic E-state index is 0.0199. The number of nitrogens with one attached hydrogen (secondary N) is 1. The van der Waals surface area contributed by atoms with E-state index >= 15 is 0 Å². The number of benzene rings is 2. The standard InChI is InChI=1S/C22H26N2O4S/c1-17-11-13-24(14-12-17)22(26)19-9-7-18(8-10-19)15-29(27,28)16-21(25)23-20-5-3-2-4-6-20/h2-10,17H,11-16H2,1H3,(H,23,25). The molecule has 2 amide bonds. The molecular weight excluding hydrogens is 388 g/mol. The fourth-order valence-electron chi connectivity index (χ4n) is 3.36. The van der Waals surface area contributed by atoms with E-state index in [0.717, 1.165) is 25.9 Å². The minimum Gasteiger partial charge on any atom is -0.339 e. The highest BCUT2D eigenvalue weighted by molar-refractivity contribution is 7.91. The van der Waals surface area contributed by atoms with Gasteiger partial charge in [0.1, 0.15) is 5.75 Å². The van der Waals surface area contributed by atoms with Gasteiger partial charge in [-0.15, -0.1) is 0 Å². The Morgan fingerprint density at radius 3 is 2.24 bits per heavy atom. The van der Waals surface area contributed by atoms with Gasteiger partial charge in [-0.25, -0.2) is 8.42 Å². The number of carbonyl (C=O) groups excluding carboxylic acids is 2. The number of sulfone groups is 1. The van der Waals surface area contributed by atoms with Gasteiger partial charge in [0, 0.05) is 24.3 Å². The maximum absolute atomic E-state index is 12.6. The molecule has 29 heavy (non-hydrogen) atoms. The second-order valence-electron chi connectivity index (χ2n) is 7.62. The Balaban J connectivity index is 1.56. The number of piperidine rings is 1. The summed E-state index contributed by atoms with van der Waals surface area (Å²) >= 11 is 0. The van der Waals surface area contributed by atoms with E-state index < -0.39 is 21.5 Å². The van der Waals surface area contributed by atoms with Gasteiger partial charge >= 0.3 is 0 Å². The number of anilines is 1. The van der Waals surface area contributed by atoms with E-state index in [1.54, 1.807) is 48.5 Å². The molecule has 0 spiro atoms. The Bertz CT molecular complexity index is 948. The lowest BCUT2D eigenvalue weighted by Crippen LogP contribution is -2.37.